The van der Waals surface area contributed by atoms with Crippen molar-refractivity contribution in [1.82, 2.24) is 0 Å². The number of rotatable bonds is 3. The Morgan fingerprint density at radius 3 is 2.17 bits per heavy atom. The van der Waals surface area contributed by atoms with Gasteiger partial charge in [0.15, 0.2) is 9.84 Å². The van der Waals surface area contributed by atoms with Gasteiger partial charge in [0.2, 0.25) is 0 Å². The minimum Gasteiger partial charge on any atom is -0.224 e. The Kier molecular flexibility index (Phi) is 4.05. The number of hydrogen-bond acceptors (Lipinski definition) is 2. The molecule has 3 aromatic carbocycles. The zero-order valence-corrected chi connectivity index (χ0v) is 14.0. The second-order valence-electron chi connectivity index (χ2n) is 5.73. The normalized spacial score (nSPS) is 12.5. The smallest absolute Gasteiger partial charge is 0.175 e. The van der Waals surface area contributed by atoms with E-state index in [1.807, 2.05) is 31.2 Å². The Labute approximate surface area is 137 Å². The van der Waals surface area contributed by atoms with Gasteiger partial charge in [-0.2, -0.15) is 0 Å². The van der Waals surface area contributed by atoms with Gasteiger partial charge in [0, 0.05) is 6.26 Å². The predicted molar refractivity (Wildman–Crippen MR) is 97.0 cm³/mol. The molecule has 116 valence electrons. The molecule has 0 amide bonds. The molecule has 0 aliphatic heterocycles. The summed E-state index contributed by atoms with van der Waals surface area (Å²) >= 11 is 0. The molecule has 3 aromatic rings. The van der Waals surface area contributed by atoms with Gasteiger partial charge in [0.25, 0.3) is 0 Å². The fourth-order valence-electron chi connectivity index (χ4n) is 2.60. The zero-order chi connectivity index (χ0) is 16.4. The molecule has 0 bridgehead atoms. The highest BCUT2D eigenvalue weighted by molar-refractivity contribution is 7.90. The van der Waals surface area contributed by atoms with E-state index in [1.54, 1.807) is 12.1 Å². The van der Waals surface area contributed by atoms with E-state index in [0.717, 1.165) is 16.7 Å². The standard InChI is InChI=1S/C20H18O2S/c1-15(17-9-11-20(12-10-17)23(2,21)22)13-16-7-8-18-5-3-4-6-19(18)14-16/h3-14H,1-2H3. The van der Waals surface area contributed by atoms with Crippen molar-refractivity contribution in [2.45, 2.75) is 11.8 Å². The molecule has 0 heterocycles. The van der Waals surface area contributed by atoms with Crippen LogP contribution < -0.4 is 0 Å². The average Bonchev–Trinajstić information content (AvgIpc) is 2.54. The van der Waals surface area contributed by atoms with Crippen molar-refractivity contribution >= 4 is 32.3 Å². The van der Waals surface area contributed by atoms with E-state index in [2.05, 4.69) is 36.4 Å². The minimum atomic E-state index is -3.15. The molecule has 0 unspecified atom stereocenters. The summed E-state index contributed by atoms with van der Waals surface area (Å²) in [6.45, 7) is 2.03. The summed E-state index contributed by atoms with van der Waals surface area (Å²) in [7, 11) is -3.15. The lowest BCUT2D eigenvalue weighted by molar-refractivity contribution is 0.602. The Hall–Kier alpha value is -2.39. The van der Waals surface area contributed by atoms with Gasteiger partial charge in [-0.1, -0.05) is 54.6 Å². The topological polar surface area (TPSA) is 34.1 Å². The van der Waals surface area contributed by atoms with E-state index < -0.39 is 9.84 Å². The van der Waals surface area contributed by atoms with E-state index in [0.29, 0.717) is 4.90 Å². The van der Waals surface area contributed by atoms with Crippen LogP contribution in [0.1, 0.15) is 18.1 Å². The molecule has 0 fully saturated rings. The summed E-state index contributed by atoms with van der Waals surface area (Å²) in [5.41, 5.74) is 3.25. The van der Waals surface area contributed by atoms with Gasteiger partial charge in [-0.25, -0.2) is 8.42 Å². The number of allylic oxidation sites excluding steroid dienone is 1. The Morgan fingerprint density at radius 2 is 1.52 bits per heavy atom. The highest BCUT2D eigenvalue weighted by Crippen LogP contribution is 2.22. The molecule has 0 N–H and O–H groups in total. The fraction of sp³-hybridized carbons (Fsp3) is 0.100. The molecular weight excluding hydrogens is 304 g/mol. The minimum absolute atomic E-state index is 0.347. The first kappa shape index (κ1) is 15.5. The molecule has 0 aliphatic carbocycles. The van der Waals surface area contributed by atoms with Crippen molar-refractivity contribution in [2.75, 3.05) is 6.26 Å². The van der Waals surface area contributed by atoms with Crippen LogP contribution in [-0.4, -0.2) is 14.7 Å². The van der Waals surface area contributed by atoms with Crippen molar-refractivity contribution in [3.05, 3.63) is 77.9 Å². The average molecular weight is 322 g/mol. The maximum absolute atomic E-state index is 11.5. The summed E-state index contributed by atoms with van der Waals surface area (Å²) in [6, 6.07) is 21.6. The monoisotopic (exact) mass is 322 g/mol. The number of fused-ring (bicyclic) bond motifs is 1. The van der Waals surface area contributed by atoms with E-state index in [-0.39, 0.29) is 0 Å². The summed E-state index contributed by atoms with van der Waals surface area (Å²) < 4.78 is 23.0. The fourth-order valence-corrected chi connectivity index (χ4v) is 3.23. The highest BCUT2D eigenvalue weighted by atomic mass is 32.2. The highest BCUT2D eigenvalue weighted by Gasteiger charge is 2.06. The number of hydrogen-bond donors (Lipinski definition) is 0. The molecule has 0 radical (unpaired) electrons. The lowest BCUT2D eigenvalue weighted by atomic mass is 10.0. The van der Waals surface area contributed by atoms with E-state index in [4.69, 9.17) is 0 Å². The number of sulfone groups is 1. The van der Waals surface area contributed by atoms with Crippen molar-refractivity contribution in [3.8, 4) is 0 Å². The Morgan fingerprint density at radius 1 is 0.870 bits per heavy atom. The van der Waals surface area contributed by atoms with Gasteiger partial charge in [0.1, 0.15) is 0 Å². The zero-order valence-electron chi connectivity index (χ0n) is 13.2. The quantitative estimate of drug-likeness (QED) is 0.649. The molecule has 0 aromatic heterocycles. The molecule has 23 heavy (non-hydrogen) atoms. The largest absolute Gasteiger partial charge is 0.224 e. The lowest BCUT2D eigenvalue weighted by Crippen LogP contribution is -1.96. The molecule has 0 saturated heterocycles. The van der Waals surface area contributed by atoms with Crippen molar-refractivity contribution in [1.29, 1.82) is 0 Å². The first-order chi connectivity index (χ1) is 10.9. The summed E-state index contributed by atoms with van der Waals surface area (Å²) in [4.78, 5) is 0.347. The molecule has 0 spiro atoms. The van der Waals surface area contributed by atoms with Crippen LogP contribution in [0.3, 0.4) is 0 Å². The summed E-state index contributed by atoms with van der Waals surface area (Å²) in [5, 5.41) is 2.43. The lowest BCUT2D eigenvalue weighted by Gasteiger charge is -2.05. The van der Waals surface area contributed by atoms with Crippen LogP contribution in [0, 0.1) is 0 Å². The number of benzene rings is 3. The SMILES string of the molecule is CC(=Cc1ccc2ccccc2c1)c1ccc(S(C)(=O)=O)cc1. The molecule has 2 nitrogen and oxygen atoms in total. The second-order valence-corrected chi connectivity index (χ2v) is 7.75. The molecular formula is C20H18O2S. The van der Waals surface area contributed by atoms with Crippen LogP contribution in [-0.2, 0) is 9.84 Å². The van der Waals surface area contributed by atoms with Crippen molar-refractivity contribution in [2.24, 2.45) is 0 Å². The maximum Gasteiger partial charge on any atom is 0.175 e. The van der Waals surface area contributed by atoms with Crippen molar-refractivity contribution < 1.29 is 8.42 Å². The van der Waals surface area contributed by atoms with Gasteiger partial charge < -0.3 is 0 Å². The maximum atomic E-state index is 11.5. The molecule has 0 atom stereocenters. The first-order valence-corrected chi connectivity index (χ1v) is 9.30. The van der Waals surface area contributed by atoms with Gasteiger partial charge in [-0.3, -0.25) is 0 Å². The van der Waals surface area contributed by atoms with E-state index in [1.165, 1.54) is 17.0 Å². The molecule has 0 aliphatic rings. The molecule has 3 heteroatoms. The van der Waals surface area contributed by atoms with E-state index in [9.17, 15) is 8.42 Å². The van der Waals surface area contributed by atoms with Crippen LogP contribution >= 0.6 is 0 Å². The Bertz CT molecular complexity index is 982. The van der Waals surface area contributed by atoms with Crippen LogP contribution in [0.15, 0.2) is 71.6 Å². The third kappa shape index (κ3) is 3.51. The van der Waals surface area contributed by atoms with Crippen LogP contribution in [0.2, 0.25) is 0 Å². The molecule has 0 saturated carbocycles. The van der Waals surface area contributed by atoms with Crippen LogP contribution in [0.4, 0.5) is 0 Å². The summed E-state index contributed by atoms with van der Waals surface area (Å²) in [5.74, 6) is 0. The second kappa shape index (κ2) is 6.01. The van der Waals surface area contributed by atoms with Crippen LogP contribution in [0.5, 0.6) is 0 Å². The first-order valence-electron chi connectivity index (χ1n) is 7.41. The third-order valence-corrected chi connectivity index (χ3v) is 5.02. The van der Waals surface area contributed by atoms with Crippen LogP contribution in [0.25, 0.3) is 22.4 Å². The summed E-state index contributed by atoms with van der Waals surface area (Å²) in [6.07, 6.45) is 3.33. The van der Waals surface area contributed by atoms with Gasteiger partial charge in [-0.05, 0) is 52.6 Å². The van der Waals surface area contributed by atoms with Gasteiger partial charge >= 0.3 is 0 Å². The third-order valence-electron chi connectivity index (χ3n) is 3.89. The van der Waals surface area contributed by atoms with E-state index >= 15 is 0 Å². The molecule has 3 rings (SSSR count). The van der Waals surface area contributed by atoms with Crippen molar-refractivity contribution in [3.63, 3.8) is 0 Å². The van der Waals surface area contributed by atoms with Gasteiger partial charge in [-0.15, -0.1) is 0 Å². The predicted octanol–water partition coefficient (Wildman–Crippen LogP) is 4.80. The van der Waals surface area contributed by atoms with Gasteiger partial charge in [0.05, 0.1) is 4.90 Å². The Balaban J connectivity index is 1.94.